The summed E-state index contributed by atoms with van der Waals surface area (Å²) in [6.45, 7) is 1.55. The van der Waals surface area contributed by atoms with E-state index in [9.17, 15) is 44.3 Å². The number of carbonyl (C=O) groups is 1. The molecule has 0 saturated heterocycles. The average Bonchev–Trinajstić information content (AvgIpc) is 2.60. The lowest BCUT2D eigenvalue weighted by Crippen LogP contribution is -2.72. The van der Waals surface area contributed by atoms with Crippen molar-refractivity contribution in [3.63, 3.8) is 0 Å². The summed E-state index contributed by atoms with van der Waals surface area (Å²) in [5.74, 6) is -1.82. The molecule has 0 fully saturated rings. The second-order valence-corrected chi connectivity index (χ2v) is 6.81. The van der Waals surface area contributed by atoms with Crippen LogP contribution < -0.4 is 10.6 Å². The molecule has 0 saturated carbocycles. The van der Waals surface area contributed by atoms with Crippen molar-refractivity contribution in [2.24, 2.45) is 0 Å². The Balaban J connectivity index is 2.64. The van der Waals surface area contributed by atoms with Crippen LogP contribution in [0, 0.1) is 6.92 Å². The fraction of sp³-hybridized carbons (Fsp3) is 0.278. The number of hydrogen-bond donors (Lipinski definition) is 2. The van der Waals surface area contributed by atoms with Crippen LogP contribution in [0.3, 0.4) is 0 Å². The Morgan fingerprint density at radius 3 is 1.81 bits per heavy atom. The molecule has 13 heteroatoms. The van der Waals surface area contributed by atoms with Gasteiger partial charge < -0.3 is 10.6 Å². The maximum Gasteiger partial charge on any atom is 0.439 e. The van der Waals surface area contributed by atoms with E-state index in [2.05, 4.69) is 0 Å². The van der Waals surface area contributed by atoms with E-state index in [1.165, 1.54) is 12.1 Å². The summed E-state index contributed by atoms with van der Waals surface area (Å²) in [4.78, 5) is 12.2. The predicted octanol–water partition coefficient (Wildman–Crippen LogP) is 6.33. The first-order chi connectivity index (χ1) is 14.0. The van der Waals surface area contributed by atoms with Crippen molar-refractivity contribution in [2.75, 3.05) is 5.32 Å². The molecule has 2 rings (SSSR count). The van der Waals surface area contributed by atoms with E-state index < -0.39 is 51.9 Å². The molecule has 3 nitrogen and oxygen atoms in total. The number of alkyl halides is 9. The topological polar surface area (TPSA) is 41.1 Å². The first-order valence-corrected chi connectivity index (χ1v) is 8.53. The van der Waals surface area contributed by atoms with Gasteiger partial charge in [-0.15, -0.1) is 0 Å². The van der Waals surface area contributed by atoms with Gasteiger partial charge in [-0.05, 0) is 37.3 Å². The normalized spacial score (nSPS) is 13.1. The highest BCUT2D eigenvalue weighted by Gasteiger charge is 2.73. The summed E-state index contributed by atoms with van der Waals surface area (Å²) in [6, 6.07) is 5.56. The number of hydrogen-bond acceptors (Lipinski definition) is 2. The molecule has 0 atom stereocenters. The number of rotatable bonds is 4. The molecular formula is C18H12ClF9N2O. The summed E-state index contributed by atoms with van der Waals surface area (Å²) >= 11 is 5.41. The molecular weight excluding hydrogens is 467 g/mol. The fourth-order valence-electron chi connectivity index (χ4n) is 2.48. The molecule has 2 N–H and O–H groups in total. The fourth-order valence-corrected chi connectivity index (χ4v) is 2.66. The van der Waals surface area contributed by atoms with Crippen molar-refractivity contribution < 1.29 is 44.3 Å². The highest BCUT2D eigenvalue weighted by molar-refractivity contribution is 6.30. The first kappa shape index (κ1) is 24.6. The number of carbonyl (C=O) groups excluding carboxylic acids is 1. The minimum absolute atomic E-state index is 0.156. The van der Waals surface area contributed by atoms with E-state index >= 15 is 0 Å². The molecule has 2 aromatic carbocycles. The molecule has 2 aromatic rings. The minimum Gasteiger partial charge on any atom is -0.347 e. The van der Waals surface area contributed by atoms with Gasteiger partial charge >= 0.3 is 24.2 Å². The molecule has 0 unspecified atom stereocenters. The van der Waals surface area contributed by atoms with Crippen molar-refractivity contribution in [2.45, 2.75) is 31.1 Å². The summed E-state index contributed by atoms with van der Waals surface area (Å²) < 4.78 is 122. The van der Waals surface area contributed by atoms with Crippen molar-refractivity contribution in [3.05, 3.63) is 64.2 Å². The Hall–Kier alpha value is -2.63. The van der Waals surface area contributed by atoms with Gasteiger partial charge in [-0.3, -0.25) is 4.79 Å². The van der Waals surface area contributed by atoms with Crippen LogP contribution in [0.1, 0.15) is 21.5 Å². The zero-order chi connectivity index (χ0) is 23.8. The first-order valence-electron chi connectivity index (χ1n) is 8.15. The summed E-state index contributed by atoms with van der Waals surface area (Å²) in [7, 11) is 0. The van der Waals surface area contributed by atoms with Crippen molar-refractivity contribution >= 4 is 23.2 Å². The Morgan fingerprint density at radius 1 is 0.839 bits per heavy atom. The molecule has 170 valence electrons. The van der Waals surface area contributed by atoms with E-state index in [-0.39, 0.29) is 6.07 Å². The number of halogens is 10. The second kappa shape index (κ2) is 8.13. The number of amides is 1. The largest absolute Gasteiger partial charge is 0.439 e. The van der Waals surface area contributed by atoms with E-state index in [4.69, 9.17) is 11.6 Å². The molecule has 0 bridgehead atoms. The van der Waals surface area contributed by atoms with Gasteiger partial charge in [-0.1, -0.05) is 29.3 Å². The quantitative estimate of drug-likeness (QED) is 0.398. The molecule has 0 aliphatic rings. The van der Waals surface area contributed by atoms with Gasteiger partial charge in [0, 0.05) is 16.3 Å². The van der Waals surface area contributed by atoms with Gasteiger partial charge in [0.2, 0.25) is 0 Å². The summed E-state index contributed by atoms with van der Waals surface area (Å²) in [5, 5.41) is 1.04. The lowest BCUT2D eigenvalue weighted by Gasteiger charge is -2.39. The average molecular weight is 479 g/mol. The van der Waals surface area contributed by atoms with Gasteiger partial charge in [0.1, 0.15) is 0 Å². The van der Waals surface area contributed by atoms with E-state index in [0.717, 1.165) is 22.8 Å². The molecule has 1 amide bonds. The molecule has 0 heterocycles. The van der Waals surface area contributed by atoms with Crippen LogP contribution in [0.15, 0.2) is 42.5 Å². The highest BCUT2D eigenvalue weighted by Crippen LogP contribution is 2.46. The lowest BCUT2D eigenvalue weighted by atomic mass is 10.0. The smallest absolute Gasteiger partial charge is 0.347 e. The van der Waals surface area contributed by atoms with Gasteiger partial charge in [0.05, 0.1) is 5.56 Å². The maximum absolute atomic E-state index is 13.7. The van der Waals surface area contributed by atoms with Crippen LogP contribution in [0.5, 0.6) is 0 Å². The van der Waals surface area contributed by atoms with Crippen molar-refractivity contribution in [1.29, 1.82) is 0 Å². The number of nitrogens with one attached hydrogen (secondary N) is 2. The molecule has 31 heavy (non-hydrogen) atoms. The summed E-state index contributed by atoms with van der Waals surface area (Å²) in [5.41, 5.74) is -8.73. The SMILES string of the molecule is Cc1ccc(C(=O)NC(Nc2ccc(Cl)cc2C(F)(F)F)(C(F)(F)F)C(F)(F)F)cc1. The third-order valence-corrected chi connectivity index (χ3v) is 4.31. The third-order valence-electron chi connectivity index (χ3n) is 4.07. The minimum atomic E-state index is -6.30. The van der Waals surface area contributed by atoms with Gasteiger partial charge in [0.25, 0.3) is 5.91 Å². The van der Waals surface area contributed by atoms with Gasteiger partial charge in [0.15, 0.2) is 0 Å². The van der Waals surface area contributed by atoms with Crippen LogP contribution in [0.25, 0.3) is 0 Å². The second-order valence-electron chi connectivity index (χ2n) is 6.38. The molecule has 0 aliphatic heterocycles. The van der Waals surface area contributed by atoms with Crippen LogP contribution in [0.4, 0.5) is 45.2 Å². The molecule has 0 spiro atoms. The maximum atomic E-state index is 13.7. The standard InChI is InChI=1S/C18H12ClF9N2O/c1-9-2-4-10(5-3-9)14(31)30-16(17(23,24)25,18(26,27)28)29-13-7-6-11(19)8-12(13)15(20,21)22/h2-8,29H,1H3,(H,30,31). The Bertz CT molecular complexity index is 936. The van der Waals surface area contributed by atoms with Crippen LogP contribution in [-0.4, -0.2) is 23.9 Å². The Labute approximate surface area is 174 Å². The number of aryl methyl sites for hydroxylation is 1. The molecule has 0 aromatic heterocycles. The van der Waals surface area contributed by atoms with Gasteiger partial charge in [-0.2, -0.15) is 39.5 Å². The number of anilines is 1. The molecule has 0 aliphatic carbocycles. The van der Waals surface area contributed by atoms with E-state index in [1.807, 2.05) is 0 Å². The Morgan fingerprint density at radius 2 is 1.35 bits per heavy atom. The predicted molar refractivity (Wildman–Crippen MR) is 93.6 cm³/mol. The Kier molecular flexibility index (Phi) is 6.47. The van der Waals surface area contributed by atoms with E-state index in [0.29, 0.717) is 17.7 Å². The lowest BCUT2D eigenvalue weighted by molar-refractivity contribution is -0.294. The summed E-state index contributed by atoms with van der Waals surface area (Å²) in [6.07, 6.45) is -17.9. The van der Waals surface area contributed by atoms with Crippen LogP contribution in [-0.2, 0) is 6.18 Å². The monoisotopic (exact) mass is 478 g/mol. The molecule has 0 radical (unpaired) electrons. The van der Waals surface area contributed by atoms with Crippen molar-refractivity contribution in [3.8, 4) is 0 Å². The third kappa shape index (κ3) is 5.17. The van der Waals surface area contributed by atoms with Gasteiger partial charge in [-0.25, -0.2) is 0 Å². The number of benzene rings is 2. The van der Waals surface area contributed by atoms with Crippen LogP contribution in [0.2, 0.25) is 5.02 Å². The zero-order valence-electron chi connectivity index (χ0n) is 15.2. The van der Waals surface area contributed by atoms with Crippen molar-refractivity contribution in [1.82, 2.24) is 5.32 Å². The zero-order valence-corrected chi connectivity index (χ0v) is 16.0. The van der Waals surface area contributed by atoms with E-state index in [1.54, 1.807) is 6.92 Å². The highest BCUT2D eigenvalue weighted by atomic mass is 35.5. The van der Waals surface area contributed by atoms with Crippen LogP contribution >= 0.6 is 11.6 Å².